The Bertz CT molecular complexity index is 1180. The van der Waals surface area contributed by atoms with E-state index in [0.29, 0.717) is 12.4 Å². The highest BCUT2D eigenvalue weighted by Crippen LogP contribution is 2.51. The largest absolute Gasteiger partial charge is 0.324 e. The van der Waals surface area contributed by atoms with Crippen molar-refractivity contribution >= 4 is 17.4 Å². The minimum atomic E-state index is -0.607. The molecule has 0 spiro atoms. The molecule has 1 N–H and O–H groups in total. The number of ketones is 1. The van der Waals surface area contributed by atoms with Crippen LogP contribution in [0.2, 0.25) is 0 Å². The first-order valence-electron chi connectivity index (χ1n) is 10.1. The van der Waals surface area contributed by atoms with Crippen LogP contribution in [0.5, 0.6) is 0 Å². The van der Waals surface area contributed by atoms with Crippen LogP contribution in [-0.2, 0) is 16.6 Å². The lowest BCUT2D eigenvalue weighted by Gasteiger charge is -2.45. The van der Waals surface area contributed by atoms with Gasteiger partial charge >= 0.3 is 0 Å². The van der Waals surface area contributed by atoms with Crippen LogP contribution in [0.1, 0.15) is 29.7 Å². The van der Waals surface area contributed by atoms with Crippen LogP contribution in [0.15, 0.2) is 78.5 Å². The van der Waals surface area contributed by atoms with E-state index in [9.17, 15) is 10.1 Å². The van der Waals surface area contributed by atoms with E-state index in [1.165, 1.54) is 0 Å². The molecule has 1 aromatic heterocycles. The quantitative estimate of drug-likeness (QED) is 0.710. The van der Waals surface area contributed by atoms with Gasteiger partial charge < -0.3 is 5.32 Å². The van der Waals surface area contributed by atoms with E-state index in [1.807, 2.05) is 60.8 Å². The van der Waals surface area contributed by atoms with Crippen LogP contribution in [0, 0.1) is 17.2 Å². The highest BCUT2D eigenvalue weighted by Gasteiger charge is 2.49. The molecule has 5 nitrogen and oxygen atoms in total. The van der Waals surface area contributed by atoms with E-state index in [0.717, 1.165) is 35.3 Å². The second-order valence-electron chi connectivity index (χ2n) is 7.83. The van der Waals surface area contributed by atoms with Crippen molar-refractivity contribution in [2.24, 2.45) is 5.92 Å². The number of aryl methyl sites for hydroxylation is 1. The number of anilines is 2. The molecule has 2 atom stereocenters. The van der Waals surface area contributed by atoms with E-state index >= 15 is 0 Å². The number of nitriles is 1. The number of nitrogens with one attached hydrogen (secondary N) is 1. The Balaban J connectivity index is 1.72. The molecule has 1 heterocycles. The molecule has 0 fully saturated rings. The predicted octanol–water partition coefficient (Wildman–Crippen LogP) is 4.49. The summed E-state index contributed by atoms with van der Waals surface area (Å²) in [5.74, 6) is 0.505. The minimum Gasteiger partial charge on any atom is -0.324 e. The SMILES string of the molecule is N#CC1=CC2(c3ccccc3)c3nc(Nc4ccccc4)ncc3CCC2CC1=O. The molecule has 0 saturated carbocycles. The molecule has 0 radical (unpaired) electrons. The molecule has 5 rings (SSSR count). The zero-order valence-corrected chi connectivity index (χ0v) is 16.4. The van der Waals surface area contributed by atoms with Gasteiger partial charge in [-0.25, -0.2) is 9.97 Å². The number of hydrogen-bond donors (Lipinski definition) is 1. The Morgan fingerprint density at radius 3 is 2.53 bits per heavy atom. The lowest BCUT2D eigenvalue weighted by molar-refractivity contribution is -0.117. The molecule has 0 amide bonds. The van der Waals surface area contributed by atoms with Gasteiger partial charge in [0, 0.05) is 18.3 Å². The van der Waals surface area contributed by atoms with Gasteiger partial charge in [0.15, 0.2) is 5.78 Å². The Kier molecular flexibility index (Phi) is 4.40. The fourth-order valence-electron chi connectivity index (χ4n) is 4.76. The second-order valence-corrected chi connectivity index (χ2v) is 7.83. The number of fused-ring (bicyclic) bond motifs is 3. The summed E-state index contributed by atoms with van der Waals surface area (Å²) in [5, 5.41) is 12.9. The standard InChI is InChI=1S/C25H20N4O/c26-15-18-14-25(19-7-3-1-4-8-19)20(13-22(18)30)12-11-17-16-27-24(29-23(17)25)28-21-9-5-2-6-10-21/h1-10,14,16,20H,11-13H2,(H,27,28,29). The smallest absolute Gasteiger partial charge is 0.227 e. The molecule has 30 heavy (non-hydrogen) atoms. The number of Topliss-reactive ketones (excluding diaryl/α,β-unsaturated/α-hetero) is 1. The number of carbonyl (C=O) groups excluding carboxylic acids is 1. The van der Waals surface area contributed by atoms with Gasteiger partial charge in [0.2, 0.25) is 5.95 Å². The predicted molar refractivity (Wildman–Crippen MR) is 114 cm³/mol. The molecule has 0 aliphatic heterocycles. The van der Waals surface area contributed by atoms with Crippen molar-refractivity contribution < 1.29 is 4.79 Å². The van der Waals surface area contributed by atoms with E-state index in [1.54, 1.807) is 0 Å². The number of rotatable bonds is 3. The van der Waals surface area contributed by atoms with Gasteiger partial charge in [-0.15, -0.1) is 0 Å². The number of allylic oxidation sites excluding steroid dienone is 2. The molecule has 2 aliphatic rings. The van der Waals surface area contributed by atoms with Gasteiger partial charge in [-0.1, -0.05) is 48.5 Å². The molecule has 2 aromatic carbocycles. The maximum Gasteiger partial charge on any atom is 0.227 e. The average Bonchev–Trinajstić information content (AvgIpc) is 2.80. The Labute approximate surface area is 175 Å². The van der Waals surface area contributed by atoms with Crippen molar-refractivity contribution in [3.8, 4) is 6.07 Å². The summed E-state index contributed by atoms with van der Waals surface area (Å²) in [6.07, 6.45) is 5.78. The Morgan fingerprint density at radius 1 is 1.07 bits per heavy atom. The van der Waals surface area contributed by atoms with Gasteiger partial charge in [-0.2, -0.15) is 5.26 Å². The molecular weight excluding hydrogens is 372 g/mol. The van der Waals surface area contributed by atoms with Crippen LogP contribution in [-0.4, -0.2) is 15.8 Å². The first-order chi connectivity index (χ1) is 14.7. The topological polar surface area (TPSA) is 78.7 Å². The molecule has 0 saturated heterocycles. The summed E-state index contributed by atoms with van der Waals surface area (Å²) in [7, 11) is 0. The first kappa shape index (κ1) is 18.3. The molecule has 146 valence electrons. The van der Waals surface area contributed by atoms with Crippen LogP contribution in [0.4, 0.5) is 11.6 Å². The zero-order chi connectivity index (χ0) is 20.6. The summed E-state index contributed by atoms with van der Waals surface area (Å²) >= 11 is 0. The van der Waals surface area contributed by atoms with Gasteiger partial charge in [-0.05, 0) is 48.1 Å². The molecule has 3 aromatic rings. The minimum absolute atomic E-state index is 0.0662. The first-order valence-corrected chi connectivity index (χ1v) is 10.1. The number of hydrogen-bond acceptors (Lipinski definition) is 5. The van der Waals surface area contributed by atoms with E-state index in [2.05, 4.69) is 28.5 Å². The molecule has 2 aliphatic carbocycles. The van der Waals surface area contributed by atoms with Crippen LogP contribution in [0.25, 0.3) is 0 Å². The van der Waals surface area contributed by atoms with Crippen LogP contribution >= 0.6 is 0 Å². The Morgan fingerprint density at radius 2 is 1.80 bits per heavy atom. The summed E-state index contributed by atoms with van der Waals surface area (Å²) in [6.45, 7) is 0. The third-order valence-corrected chi connectivity index (χ3v) is 6.17. The van der Waals surface area contributed by atoms with E-state index in [4.69, 9.17) is 4.98 Å². The summed E-state index contributed by atoms with van der Waals surface area (Å²) in [6, 6.07) is 22.0. The van der Waals surface area contributed by atoms with Gasteiger partial charge in [-0.3, -0.25) is 4.79 Å². The number of nitrogens with zero attached hydrogens (tertiary/aromatic N) is 3. The van der Waals surface area contributed by atoms with Crippen molar-refractivity contribution in [3.05, 3.63) is 95.3 Å². The fraction of sp³-hybridized carbons (Fsp3) is 0.200. The van der Waals surface area contributed by atoms with Crippen molar-refractivity contribution in [1.29, 1.82) is 5.26 Å². The van der Waals surface area contributed by atoms with Crippen molar-refractivity contribution in [2.45, 2.75) is 24.7 Å². The van der Waals surface area contributed by atoms with E-state index in [-0.39, 0.29) is 17.3 Å². The van der Waals surface area contributed by atoms with Crippen molar-refractivity contribution in [1.82, 2.24) is 9.97 Å². The Hall–Kier alpha value is -3.78. The summed E-state index contributed by atoms with van der Waals surface area (Å²) in [5.41, 5.74) is 3.53. The number of carbonyl (C=O) groups is 1. The monoisotopic (exact) mass is 392 g/mol. The molecule has 2 unspecified atom stereocenters. The molecule has 5 heteroatoms. The number of aromatic nitrogens is 2. The van der Waals surface area contributed by atoms with Crippen LogP contribution in [0.3, 0.4) is 0 Å². The second kappa shape index (κ2) is 7.23. The molecule has 0 bridgehead atoms. The zero-order valence-electron chi connectivity index (χ0n) is 16.4. The van der Waals surface area contributed by atoms with Gasteiger partial charge in [0.05, 0.1) is 16.7 Å². The van der Waals surface area contributed by atoms with Gasteiger partial charge in [0.1, 0.15) is 6.07 Å². The lowest BCUT2D eigenvalue weighted by atomic mass is 9.57. The van der Waals surface area contributed by atoms with Crippen LogP contribution < -0.4 is 5.32 Å². The fourth-order valence-corrected chi connectivity index (χ4v) is 4.76. The molecular formula is C25H20N4O. The summed E-state index contributed by atoms with van der Waals surface area (Å²) in [4.78, 5) is 22.0. The number of para-hydroxylation sites is 1. The van der Waals surface area contributed by atoms with Crippen molar-refractivity contribution in [2.75, 3.05) is 5.32 Å². The summed E-state index contributed by atoms with van der Waals surface area (Å²) < 4.78 is 0. The van der Waals surface area contributed by atoms with Crippen molar-refractivity contribution in [3.63, 3.8) is 0 Å². The third kappa shape index (κ3) is 2.89. The average molecular weight is 392 g/mol. The van der Waals surface area contributed by atoms with Gasteiger partial charge in [0.25, 0.3) is 0 Å². The maximum absolute atomic E-state index is 12.5. The third-order valence-electron chi connectivity index (χ3n) is 6.17. The normalized spacial score (nSPS) is 22.3. The number of benzene rings is 2. The maximum atomic E-state index is 12.5. The lowest BCUT2D eigenvalue weighted by Crippen LogP contribution is -2.44. The highest BCUT2D eigenvalue weighted by molar-refractivity contribution is 6.01. The van der Waals surface area contributed by atoms with E-state index < -0.39 is 5.41 Å². The highest BCUT2D eigenvalue weighted by atomic mass is 16.1.